The van der Waals surface area contributed by atoms with Crippen LogP contribution in [0.2, 0.25) is 0 Å². The molecule has 0 atom stereocenters. The molecule has 118 valence electrons. The summed E-state index contributed by atoms with van der Waals surface area (Å²) >= 11 is 0. The maximum atomic E-state index is 13.4. The number of likely N-dealkylation sites (N-methyl/N-ethyl adjacent to an activating group) is 1. The summed E-state index contributed by atoms with van der Waals surface area (Å²) in [4.78, 5) is 14.5. The summed E-state index contributed by atoms with van der Waals surface area (Å²) in [5.74, 6) is 0.508. The third-order valence-electron chi connectivity index (χ3n) is 3.95. The number of ether oxygens (including phenoxy) is 1. The maximum Gasteiger partial charge on any atom is 0.180 e. The van der Waals surface area contributed by atoms with Crippen molar-refractivity contribution in [3.63, 3.8) is 0 Å². The first-order valence-corrected chi connectivity index (χ1v) is 7.64. The monoisotopic (exact) mass is 295 g/mol. The number of carbonyl (C=O) groups is 1. The Morgan fingerprint density at radius 3 is 2.48 bits per heavy atom. The van der Waals surface area contributed by atoms with Gasteiger partial charge in [0.1, 0.15) is 11.6 Å². The van der Waals surface area contributed by atoms with Gasteiger partial charge in [0, 0.05) is 6.54 Å². The summed E-state index contributed by atoms with van der Waals surface area (Å²) < 4.78 is 18.5. The molecule has 0 aliphatic heterocycles. The minimum atomic E-state index is -0.415. The van der Waals surface area contributed by atoms with Crippen molar-refractivity contribution in [1.29, 1.82) is 0 Å². The maximum absolute atomic E-state index is 13.4. The molecular formula is C17H26FNO2. The lowest BCUT2D eigenvalue weighted by molar-refractivity contribution is 0.0917. The van der Waals surface area contributed by atoms with Crippen LogP contribution in [-0.2, 0) is 0 Å². The van der Waals surface area contributed by atoms with Gasteiger partial charge in [0.05, 0.1) is 19.2 Å². The molecule has 0 aromatic heterocycles. The normalized spacial score (nSPS) is 11.2. The van der Waals surface area contributed by atoms with Gasteiger partial charge in [-0.2, -0.15) is 0 Å². The molecule has 1 rings (SSSR count). The molecule has 0 amide bonds. The Labute approximate surface area is 127 Å². The summed E-state index contributed by atoms with van der Waals surface area (Å²) in [7, 11) is 1.49. The molecule has 0 fully saturated rings. The third-order valence-corrected chi connectivity index (χ3v) is 3.95. The number of nitrogens with zero attached hydrogens (tertiary/aromatic N) is 1. The number of rotatable bonds is 9. The van der Waals surface area contributed by atoms with E-state index in [1.807, 2.05) is 6.92 Å². The van der Waals surface area contributed by atoms with E-state index in [1.165, 1.54) is 25.3 Å². The van der Waals surface area contributed by atoms with Crippen molar-refractivity contribution in [3.8, 4) is 5.75 Å². The summed E-state index contributed by atoms with van der Waals surface area (Å²) in [6.45, 7) is 8.37. The van der Waals surface area contributed by atoms with Crippen molar-refractivity contribution >= 4 is 5.78 Å². The van der Waals surface area contributed by atoms with Crippen LogP contribution in [0.15, 0.2) is 18.2 Å². The van der Waals surface area contributed by atoms with Crippen LogP contribution in [0.4, 0.5) is 4.39 Å². The SMILES string of the molecule is CCC(CC)CN(CC)CC(=O)c1cc(F)ccc1OC. The molecule has 1 aromatic carbocycles. The number of hydrogen-bond acceptors (Lipinski definition) is 3. The van der Waals surface area contributed by atoms with E-state index >= 15 is 0 Å². The fourth-order valence-corrected chi connectivity index (χ4v) is 2.40. The lowest BCUT2D eigenvalue weighted by Gasteiger charge is -2.24. The van der Waals surface area contributed by atoms with E-state index in [0.717, 1.165) is 25.9 Å². The number of hydrogen-bond donors (Lipinski definition) is 0. The minimum Gasteiger partial charge on any atom is -0.496 e. The minimum absolute atomic E-state index is 0.0980. The molecule has 0 saturated carbocycles. The van der Waals surface area contributed by atoms with Gasteiger partial charge in [-0.1, -0.05) is 33.6 Å². The molecule has 0 aliphatic rings. The molecule has 0 spiro atoms. The van der Waals surface area contributed by atoms with Crippen molar-refractivity contribution < 1.29 is 13.9 Å². The molecule has 21 heavy (non-hydrogen) atoms. The Hall–Kier alpha value is -1.42. The van der Waals surface area contributed by atoms with Gasteiger partial charge in [-0.25, -0.2) is 4.39 Å². The lowest BCUT2D eigenvalue weighted by Crippen LogP contribution is -2.34. The van der Waals surface area contributed by atoms with Crippen LogP contribution < -0.4 is 4.74 Å². The van der Waals surface area contributed by atoms with E-state index < -0.39 is 5.82 Å². The highest BCUT2D eigenvalue weighted by Gasteiger charge is 2.18. The first kappa shape index (κ1) is 17.6. The molecule has 0 unspecified atom stereocenters. The number of Topliss-reactive ketones (excluding diaryl/α,β-unsaturated/α-hetero) is 1. The fourth-order valence-electron chi connectivity index (χ4n) is 2.40. The largest absolute Gasteiger partial charge is 0.496 e. The third kappa shape index (κ3) is 5.12. The molecule has 0 saturated heterocycles. The van der Waals surface area contributed by atoms with Gasteiger partial charge in [0.2, 0.25) is 0 Å². The molecule has 1 aromatic rings. The smallest absolute Gasteiger partial charge is 0.180 e. The predicted molar refractivity (Wildman–Crippen MR) is 83.5 cm³/mol. The van der Waals surface area contributed by atoms with Crippen LogP contribution in [-0.4, -0.2) is 37.4 Å². The van der Waals surface area contributed by atoms with Crippen LogP contribution in [0.5, 0.6) is 5.75 Å². The van der Waals surface area contributed by atoms with Crippen LogP contribution in [0, 0.1) is 11.7 Å². The number of methoxy groups -OCH3 is 1. The Balaban J connectivity index is 2.81. The second-order valence-corrected chi connectivity index (χ2v) is 5.28. The first-order valence-electron chi connectivity index (χ1n) is 7.64. The van der Waals surface area contributed by atoms with Crippen molar-refractivity contribution in [1.82, 2.24) is 4.90 Å². The quantitative estimate of drug-likeness (QED) is 0.649. The Kier molecular flexibility index (Phi) is 7.37. The molecular weight excluding hydrogens is 269 g/mol. The topological polar surface area (TPSA) is 29.5 Å². The highest BCUT2D eigenvalue weighted by molar-refractivity contribution is 6.00. The zero-order valence-electron chi connectivity index (χ0n) is 13.5. The van der Waals surface area contributed by atoms with Crippen LogP contribution >= 0.6 is 0 Å². The second kappa shape index (κ2) is 8.78. The van der Waals surface area contributed by atoms with Crippen molar-refractivity contribution in [3.05, 3.63) is 29.6 Å². The summed E-state index contributed by atoms with van der Waals surface area (Å²) in [6.07, 6.45) is 2.20. The van der Waals surface area contributed by atoms with E-state index in [9.17, 15) is 9.18 Å². The van der Waals surface area contributed by atoms with Gasteiger partial charge in [-0.05, 0) is 30.7 Å². The van der Waals surface area contributed by atoms with Crippen LogP contribution in [0.3, 0.4) is 0 Å². The average molecular weight is 295 g/mol. The molecule has 4 heteroatoms. The highest BCUT2D eigenvalue weighted by atomic mass is 19.1. The Morgan fingerprint density at radius 2 is 1.95 bits per heavy atom. The van der Waals surface area contributed by atoms with Gasteiger partial charge in [-0.3, -0.25) is 9.69 Å². The average Bonchev–Trinajstić information content (AvgIpc) is 2.51. The number of carbonyl (C=O) groups excluding carboxylic acids is 1. The summed E-state index contributed by atoms with van der Waals surface area (Å²) in [6, 6.07) is 4.06. The van der Waals surface area contributed by atoms with E-state index in [4.69, 9.17) is 4.74 Å². The van der Waals surface area contributed by atoms with Gasteiger partial charge in [0.25, 0.3) is 0 Å². The standard InChI is InChI=1S/C17H26FNO2/c1-5-13(6-2)11-19(7-3)12-16(20)15-10-14(18)8-9-17(15)21-4/h8-10,13H,5-7,11-12H2,1-4H3. The first-order chi connectivity index (χ1) is 10.0. The number of benzene rings is 1. The summed E-state index contributed by atoms with van der Waals surface area (Å²) in [5.41, 5.74) is 0.320. The van der Waals surface area contributed by atoms with E-state index in [1.54, 1.807) is 0 Å². The zero-order chi connectivity index (χ0) is 15.8. The van der Waals surface area contributed by atoms with Crippen LogP contribution in [0.25, 0.3) is 0 Å². The van der Waals surface area contributed by atoms with E-state index in [2.05, 4.69) is 18.7 Å². The zero-order valence-corrected chi connectivity index (χ0v) is 13.5. The molecule has 0 radical (unpaired) electrons. The second-order valence-electron chi connectivity index (χ2n) is 5.28. The van der Waals surface area contributed by atoms with Gasteiger partial charge in [-0.15, -0.1) is 0 Å². The van der Waals surface area contributed by atoms with Gasteiger partial charge in [0.15, 0.2) is 5.78 Å². The number of halogens is 1. The molecule has 0 bridgehead atoms. The highest BCUT2D eigenvalue weighted by Crippen LogP contribution is 2.20. The van der Waals surface area contributed by atoms with Crippen LogP contribution in [0.1, 0.15) is 44.0 Å². The van der Waals surface area contributed by atoms with Crippen molar-refractivity contribution in [2.24, 2.45) is 5.92 Å². The molecule has 3 nitrogen and oxygen atoms in total. The summed E-state index contributed by atoms with van der Waals surface area (Å²) in [5, 5.41) is 0. The predicted octanol–water partition coefficient (Wildman–Crippen LogP) is 3.78. The molecule has 0 heterocycles. The fraction of sp³-hybridized carbons (Fsp3) is 0.588. The van der Waals surface area contributed by atoms with Gasteiger partial charge < -0.3 is 4.74 Å². The van der Waals surface area contributed by atoms with Gasteiger partial charge >= 0.3 is 0 Å². The Morgan fingerprint density at radius 1 is 1.29 bits per heavy atom. The lowest BCUT2D eigenvalue weighted by atomic mass is 10.0. The van der Waals surface area contributed by atoms with E-state index in [-0.39, 0.29) is 5.78 Å². The molecule has 0 N–H and O–H groups in total. The Bertz CT molecular complexity index is 458. The van der Waals surface area contributed by atoms with Crippen molar-refractivity contribution in [2.45, 2.75) is 33.6 Å². The molecule has 0 aliphatic carbocycles. The number of ketones is 1. The van der Waals surface area contributed by atoms with E-state index in [0.29, 0.717) is 23.8 Å². The van der Waals surface area contributed by atoms with Crippen molar-refractivity contribution in [2.75, 3.05) is 26.7 Å².